The number of rotatable bonds is 0. The van der Waals surface area contributed by atoms with Crippen LogP contribution in [-0.4, -0.2) is 0 Å². The number of hydrogen-bond acceptors (Lipinski definition) is 0. The van der Waals surface area contributed by atoms with Gasteiger partial charge in [-0.15, -0.1) is 0 Å². The zero-order valence-electron chi connectivity index (χ0n) is 10.4. The van der Waals surface area contributed by atoms with E-state index < -0.39 is 0 Å². The predicted molar refractivity (Wildman–Crippen MR) is 62.2 cm³/mol. The van der Waals surface area contributed by atoms with Crippen molar-refractivity contribution in [1.29, 1.82) is 0 Å². The fourth-order valence-electron chi connectivity index (χ4n) is 4.57. The highest BCUT2D eigenvalue weighted by molar-refractivity contribution is 4.98. The third-order valence-corrected chi connectivity index (χ3v) is 5.12. The van der Waals surface area contributed by atoms with Gasteiger partial charge >= 0.3 is 0 Å². The average Bonchev–Trinajstić information content (AvgIpc) is 2.00. The molecule has 2 aliphatic rings. The maximum Gasteiger partial charge on any atom is -0.0290 e. The van der Waals surface area contributed by atoms with Gasteiger partial charge in [0, 0.05) is 0 Å². The normalized spacial score (nSPS) is 47.1. The van der Waals surface area contributed by atoms with E-state index in [2.05, 4.69) is 27.7 Å². The van der Waals surface area contributed by atoms with Crippen LogP contribution in [0.5, 0.6) is 0 Å². The molecule has 0 aromatic rings. The Labute approximate surface area is 89.5 Å². The molecule has 2 rings (SSSR count). The van der Waals surface area contributed by atoms with Gasteiger partial charge in [-0.05, 0) is 48.3 Å². The summed E-state index contributed by atoms with van der Waals surface area (Å²) >= 11 is 0. The van der Waals surface area contributed by atoms with Gasteiger partial charge in [0.25, 0.3) is 0 Å². The fraction of sp³-hybridized carbons (Fsp3) is 1.00. The molecule has 0 aromatic heterocycles. The Kier molecular flexibility index (Phi) is 2.44. The first-order valence-corrected chi connectivity index (χ1v) is 6.44. The molecule has 82 valence electrons. The van der Waals surface area contributed by atoms with E-state index in [9.17, 15) is 0 Å². The Balaban J connectivity index is 2.21. The molecule has 3 atom stereocenters. The minimum Gasteiger partial charge on any atom is -0.0625 e. The standard InChI is InChI=1S/C14H26/c1-11-6-7-12-13(2,3)8-5-9-14(12,4)10-11/h11-12H,5-10H2,1-4H3/t11-,12?,14+/m0/s1. The fourth-order valence-corrected chi connectivity index (χ4v) is 4.57. The Hall–Kier alpha value is 0. The summed E-state index contributed by atoms with van der Waals surface area (Å²) in [5.74, 6) is 1.98. The molecule has 2 saturated carbocycles. The van der Waals surface area contributed by atoms with E-state index in [4.69, 9.17) is 0 Å². The monoisotopic (exact) mass is 194 g/mol. The molecule has 2 fully saturated rings. The van der Waals surface area contributed by atoms with Crippen molar-refractivity contribution in [2.45, 2.75) is 66.2 Å². The van der Waals surface area contributed by atoms with Crippen LogP contribution in [0.25, 0.3) is 0 Å². The van der Waals surface area contributed by atoms with Crippen LogP contribution in [0.3, 0.4) is 0 Å². The van der Waals surface area contributed by atoms with Gasteiger partial charge in [0.15, 0.2) is 0 Å². The van der Waals surface area contributed by atoms with E-state index in [1.165, 1.54) is 38.5 Å². The van der Waals surface area contributed by atoms with Crippen molar-refractivity contribution in [2.24, 2.45) is 22.7 Å². The Morgan fingerprint density at radius 3 is 2.43 bits per heavy atom. The van der Waals surface area contributed by atoms with Gasteiger partial charge < -0.3 is 0 Å². The van der Waals surface area contributed by atoms with E-state index in [-0.39, 0.29) is 0 Å². The molecule has 0 amide bonds. The summed E-state index contributed by atoms with van der Waals surface area (Å²) in [6, 6.07) is 0. The van der Waals surface area contributed by atoms with Gasteiger partial charge in [-0.25, -0.2) is 0 Å². The van der Waals surface area contributed by atoms with Crippen molar-refractivity contribution in [2.75, 3.05) is 0 Å². The molecule has 1 unspecified atom stereocenters. The maximum atomic E-state index is 2.56. The van der Waals surface area contributed by atoms with Crippen LogP contribution in [0.2, 0.25) is 0 Å². The number of fused-ring (bicyclic) bond motifs is 1. The quantitative estimate of drug-likeness (QED) is 0.527. The van der Waals surface area contributed by atoms with Gasteiger partial charge in [-0.1, -0.05) is 40.5 Å². The molecule has 0 aromatic carbocycles. The van der Waals surface area contributed by atoms with Crippen LogP contribution < -0.4 is 0 Å². The molecule has 0 heterocycles. The molecule has 0 heteroatoms. The first-order valence-electron chi connectivity index (χ1n) is 6.44. The van der Waals surface area contributed by atoms with E-state index >= 15 is 0 Å². The lowest BCUT2D eigenvalue weighted by Crippen LogP contribution is -2.45. The predicted octanol–water partition coefficient (Wildman–Crippen LogP) is 4.64. The van der Waals surface area contributed by atoms with Crippen LogP contribution in [0.4, 0.5) is 0 Å². The molecule has 14 heavy (non-hydrogen) atoms. The van der Waals surface area contributed by atoms with Crippen LogP contribution in [0, 0.1) is 22.7 Å². The number of hydrogen-bond donors (Lipinski definition) is 0. The maximum absolute atomic E-state index is 2.56. The minimum atomic E-state index is 0.618. The molecule has 2 aliphatic carbocycles. The summed E-state index contributed by atoms with van der Waals surface area (Å²) in [5.41, 5.74) is 1.30. The molecule has 0 N–H and O–H groups in total. The topological polar surface area (TPSA) is 0 Å². The average molecular weight is 194 g/mol. The summed E-state index contributed by atoms with van der Waals surface area (Å²) in [6.45, 7) is 10.0. The van der Waals surface area contributed by atoms with Crippen LogP contribution in [0.1, 0.15) is 66.2 Å². The summed E-state index contributed by atoms with van der Waals surface area (Å²) in [5, 5.41) is 0. The van der Waals surface area contributed by atoms with E-state index in [1.54, 1.807) is 0 Å². The summed E-state index contributed by atoms with van der Waals surface area (Å²) in [4.78, 5) is 0. The second kappa shape index (κ2) is 3.25. The summed E-state index contributed by atoms with van der Waals surface area (Å²) in [7, 11) is 0. The molecular formula is C14H26. The zero-order chi connectivity index (χ0) is 10.4. The largest absolute Gasteiger partial charge is 0.0625 e. The van der Waals surface area contributed by atoms with Gasteiger partial charge in [0.2, 0.25) is 0 Å². The first-order chi connectivity index (χ1) is 6.44. The van der Waals surface area contributed by atoms with Gasteiger partial charge in [0.05, 0.1) is 0 Å². The minimum absolute atomic E-state index is 0.618. The smallest absolute Gasteiger partial charge is 0.0290 e. The lowest BCUT2D eigenvalue weighted by atomic mass is 9.50. The molecule has 0 spiro atoms. The SMILES string of the molecule is C[C@H]1CCC2C(C)(C)CCC[C@]2(C)C1. The van der Waals surface area contributed by atoms with Gasteiger partial charge in [0.1, 0.15) is 0 Å². The van der Waals surface area contributed by atoms with E-state index in [1.807, 2.05) is 0 Å². The van der Waals surface area contributed by atoms with Gasteiger partial charge in [-0.3, -0.25) is 0 Å². The van der Waals surface area contributed by atoms with E-state index in [0.29, 0.717) is 10.8 Å². The molecule has 0 saturated heterocycles. The molecular weight excluding hydrogens is 168 g/mol. The second-order valence-corrected chi connectivity index (χ2v) is 6.94. The Bertz CT molecular complexity index is 216. The van der Waals surface area contributed by atoms with Crippen LogP contribution >= 0.6 is 0 Å². The summed E-state index contributed by atoms with van der Waals surface area (Å²) < 4.78 is 0. The lowest BCUT2D eigenvalue weighted by Gasteiger charge is -2.55. The van der Waals surface area contributed by atoms with Crippen molar-refractivity contribution in [1.82, 2.24) is 0 Å². The third kappa shape index (κ3) is 1.61. The van der Waals surface area contributed by atoms with Gasteiger partial charge in [-0.2, -0.15) is 0 Å². The van der Waals surface area contributed by atoms with Crippen molar-refractivity contribution in [3.63, 3.8) is 0 Å². The van der Waals surface area contributed by atoms with Crippen LogP contribution in [0.15, 0.2) is 0 Å². The highest BCUT2D eigenvalue weighted by Gasteiger charge is 2.48. The molecule has 0 radical (unpaired) electrons. The lowest BCUT2D eigenvalue weighted by molar-refractivity contribution is -0.0468. The Morgan fingerprint density at radius 2 is 1.71 bits per heavy atom. The zero-order valence-corrected chi connectivity index (χ0v) is 10.4. The highest BCUT2D eigenvalue weighted by atomic mass is 14.5. The second-order valence-electron chi connectivity index (χ2n) is 6.94. The first kappa shape index (κ1) is 10.5. The van der Waals surface area contributed by atoms with Crippen LogP contribution in [-0.2, 0) is 0 Å². The summed E-state index contributed by atoms with van der Waals surface area (Å²) in [6.07, 6.45) is 8.87. The highest BCUT2D eigenvalue weighted by Crippen LogP contribution is 2.58. The molecule has 0 aliphatic heterocycles. The molecule has 0 nitrogen and oxygen atoms in total. The van der Waals surface area contributed by atoms with Crippen molar-refractivity contribution in [3.05, 3.63) is 0 Å². The molecule has 0 bridgehead atoms. The van der Waals surface area contributed by atoms with Crippen molar-refractivity contribution < 1.29 is 0 Å². The third-order valence-electron chi connectivity index (χ3n) is 5.12. The van der Waals surface area contributed by atoms with Crippen molar-refractivity contribution >= 4 is 0 Å². The van der Waals surface area contributed by atoms with E-state index in [0.717, 1.165) is 11.8 Å². The Morgan fingerprint density at radius 1 is 1.00 bits per heavy atom. The van der Waals surface area contributed by atoms with Crippen molar-refractivity contribution in [3.8, 4) is 0 Å².